The number of benzene rings is 2. The van der Waals surface area contributed by atoms with Gasteiger partial charge in [-0.3, -0.25) is 4.79 Å². The number of hydrogen-bond acceptors (Lipinski definition) is 4. The Bertz CT molecular complexity index is 869. The molecule has 27 heavy (non-hydrogen) atoms. The van der Waals surface area contributed by atoms with Crippen LogP contribution in [0.2, 0.25) is 0 Å². The standard InChI is InChI=1S/C22H23N3O2/c1-16-4-3-5-17(2)21(16)24-22(26)19(15-23)14-18-6-8-20(9-7-18)25-10-12-27-13-11-25/h3-9,14H,10-13H2,1-2H3,(H,24,26)/b19-14+. The van der Waals surface area contributed by atoms with Gasteiger partial charge in [-0.05, 0) is 48.7 Å². The number of aryl methyl sites for hydroxylation is 2. The summed E-state index contributed by atoms with van der Waals surface area (Å²) < 4.78 is 5.37. The van der Waals surface area contributed by atoms with Gasteiger partial charge in [0.1, 0.15) is 11.6 Å². The zero-order chi connectivity index (χ0) is 19.2. The minimum absolute atomic E-state index is 0.0803. The molecule has 0 aromatic heterocycles. The number of para-hydroxylation sites is 1. The maximum absolute atomic E-state index is 12.5. The Balaban J connectivity index is 1.75. The van der Waals surface area contributed by atoms with Crippen LogP contribution >= 0.6 is 0 Å². The topological polar surface area (TPSA) is 65.4 Å². The fraction of sp³-hybridized carbons (Fsp3) is 0.273. The molecule has 1 N–H and O–H groups in total. The van der Waals surface area contributed by atoms with Crippen LogP contribution in [0.15, 0.2) is 48.0 Å². The number of carbonyl (C=O) groups excluding carboxylic acids is 1. The fourth-order valence-corrected chi connectivity index (χ4v) is 3.11. The summed E-state index contributed by atoms with van der Waals surface area (Å²) in [5.41, 5.74) is 4.71. The third kappa shape index (κ3) is 4.55. The van der Waals surface area contributed by atoms with Crippen LogP contribution in [0.4, 0.5) is 11.4 Å². The molecule has 1 saturated heterocycles. The number of carbonyl (C=O) groups is 1. The highest BCUT2D eigenvalue weighted by Gasteiger charge is 2.13. The van der Waals surface area contributed by atoms with Crippen LogP contribution in [0.5, 0.6) is 0 Å². The first-order chi connectivity index (χ1) is 13.1. The second-order valence-corrected chi connectivity index (χ2v) is 6.58. The van der Waals surface area contributed by atoms with Gasteiger partial charge in [0, 0.05) is 24.5 Å². The van der Waals surface area contributed by atoms with Crippen molar-refractivity contribution in [3.05, 3.63) is 64.7 Å². The Hall–Kier alpha value is -3.10. The minimum atomic E-state index is -0.396. The molecule has 5 nitrogen and oxygen atoms in total. The lowest BCUT2D eigenvalue weighted by molar-refractivity contribution is -0.112. The molecule has 2 aromatic rings. The summed E-state index contributed by atoms with van der Waals surface area (Å²) in [7, 11) is 0. The Labute approximate surface area is 159 Å². The zero-order valence-electron chi connectivity index (χ0n) is 15.7. The van der Waals surface area contributed by atoms with Gasteiger partial charge in [-0.2, -0.15) is 5.26 Å². The van der Waals surface area contributed by atoms with Crippen LogP contribution in [-0.4, -0.2) is 32.2 Å². The summed E-state index contributed by atoms with van der Waals surface area (Å²) in [4.78, 5) is 14.8. The number of nitrogens with one attached hydrogen (secondary N) is 1. The van der Waals surface area contributed by atoms with Crippen LogP contribution in [0, 0.1) is 25.2 Å². The molecule has 0 bridgehead atoms. The Morgan fingerprint density at radius 2 is 1.74 bits per heavy atom. The van der Waals surface area contributed by atoms with Crippen LogP contribution in [0.1, 0.15) is 16.7 Å². The zero-order valence-corrected chi connectivity index (χ0v) is 15.7. The number of anilines is 2. The molecule has 0 saturated carbocycles. The van der Waals surface area contributed by atoms with E-state index in [0.29, 0.717) is 0 Å². The van der Waals surface area contributed by atoms with Gasteiger partial charge in [0.25, 0.3) is 5.91 Å². The van der Waals surface area contributed by atoms with Gasteiger partial charge in [-0.25, -0.2) is 0 Å². The largest absolute Gasteiger partial charge is 0.378 e. The number of amides is 1. The van der Waals surface area contributed by atoms with Crippen LogP contribution < -0.4 is 10.2 Å². The lowest BCUT2D eigenvalue weighted by atomic mass is 10.1. The van der Waals surface area contributed by atoms with E-state index >= 15 is 0 Å². The van der Waals surface area contributed by atoms with Crippen molar-refractivity contribution in [2.45, 2.75) is 13.8 Å². The number of nitriles is 1. The van der Waals surface area contributed by atoms with Crippen molar-refractivity contribution in [3.8, 4) is 6.07 Å². The van der Waals surface area contributed by atoms with E-state index < -0.39 is 5.91 Å². The van der Waals surface area contributed by atoms with Crippen molar-refractivity contribution in [3.63, 3.8) is 0 Å². The molecule has 1 aliphatic rings. The summed E-state index contributed by atoms with van der Waals surface area (Å²) in [6.07, 6.45) is 1.62. The SMILES string of the molecule is Cc1cccc(C)c1NC(=O)/C(C#N)=C/c1ccc(N2CCOCC2)cc1. The molecular formula is C22H23N3O2. The van der Waals surface area contributed by atoms with Crippen molar-refractivity contribution in [2.75, 3.05) is 36.5 Å². The molecule has 1 fully saturated rings. The van der Waals surface area contributed by atoms with Crippen molar-refractivity contribution in [1.82, 2.24) is 0 Å². The molecule has 0 radical (unpaired) electrons. The second-order valence-electron chi connectivity index (χ2n) is 6.58. The maximum Gasteiger partial charge on any atom is 0.266 e. The van der Waals surface area contributed by atoms with E-state index in [1.165, 1.54) is 0 Å². The van der Waals surface area contributed by atoms with Gasteiger partial charge in [0.05, 0.1) is 13.2 Å². The van der Waals surface area contributed by atoms with E-state index in [4.69, 9.17) is 4.74 Å². The third-order valence-corrected chi connectivity index (χ3v) is 4.67. The third-order valence-electron chi connectivity index (χ3n) is 4.67. The lowest BCUT2D eigenvalue weighted by Gasteiger charge is -2.28. The highest BCUT2D eigenvalue weighted by molar-refractivity contribution is 6.10. The lowest BCUT2D eigenvalue weighted by Crippen LogP contribution is -2.36. The number of hydrogen-bond donors (Lipinski definition) is 1. The highest BCUT2D eigenvalue weighted by Crippen LogP contribution is 2.21. The molecule has 2 aromatic carbocycles. The predicted octanol–water partition coefficient (Wildman–Crippen LogP) is 3.69. The quantitative estimate of drug-likeness (QED) is 0.666. The Morgan fingerprint density at radius 3 is 2.33 bits per heavy atom. The van der Waals surface area contributed by atoms with Gasteiger partial charge in [0.2, 0.25) is 0 Å². The monoisotopic (exact) mass is 361 g/mol. The normalized spacial score (nSPS) is 14.6. The summed E-state index contributed by atoms with van der Waals surface area (Å²) >= 11 is 0. The molecule has 0 unspecified atom stereocenters. The molecule has 0 atom stereocenters. The van der Waals surface area contributed by atoms with E-state index in [9.17, 15) is 10.1 Å². The number of morpholine rings is 1. The van der Waals surface area contributed by atoms with E-state index in [2.05, 4.69) is 10.2 Å². The maximum atomic E-state index is 12.5. The molecule has 1 heterocycles. The number of ether oxygens (including phenoxy) is 1. The molecule has 1 aliphatic heterocycles. The van der Waals surface area contributed by atoms with Gasteiger partial charge < -0.3 is 15.0 Å². The van der Waals surface area contributed by atoms with Gasteiger partial charge in [-0.15, -0.1) is 0 Å². The second kappa shape index (κ2) is 8.52. The number of rotatable bonds is 4. The van der Waals surface area contributed by atoms with E-state index in [-0.39, 0.29) is 5.57 Å². The Kier molecular flexibility index (Phi) is 5.90. The van der Waals surface area contributed by atoms with Crippen LogP contribution in [0.3, 0.4) is 0 Å². The first kappa shape index (κ1) is 18.7. The van der Waals surface area contributed by atoms with Crippen molar-refractivity contribution < 1.29 is 9.53 Å². The first-order valence-electron chi connectivity index (χ1n) is 9.00. The minimum Gasteiger partial charge on any atom is -0.378 e. The van der Waals surface area contributed by atoms with Gasteiger partial charge in [-0.1, -0.05) is 30.3 Å². The molecule has 3 rings (SSSR count). The average Bonchev–Trinajstić information content (AvgIpc) is 2.70. The van der Waals surface area contributed by atoms with Gasteiger partial charge >= 0.3 is 0 Å². The predicted molar refractivity (Wildman–Crippen MR) is 108 cm³/mol. The molecule has 0 spiro atoms. The van der Waals surface area contributed by atoms with Gasteiger partial charge in [0.15, 0.2) is 0 Å². The van der Waals surface area contributed by atoms with E-state index in [1.54, 1.807) is 6.08 Å². The molecular weight excluding hydrogens is 338 g/mol. The summed E-state index contributed by atoms with van der Waals surface area (Å²) in [6, 6.07) is 15.7. The average molecular weight is 361 g/mol. The molecule has 138 valence electrons. The van der Waals surface area contributed by atoms with E-state index in [1.807, 2.05) is 62.4 Å². The number of nitrogens with zero attached hydrogens (tertiary/aromatic N) is 2. The Morgan fingerprint density at radius 1 is 1.11 bits per heavy atom. The van der Waals surface area contributed by atoms with Crippen molar-refractivity contribution >= 4 is 23.4 Å². The van der Waals surface area contributed by atoms with Crippen molar-refractivity contribution in [1.29, 1.82) is 5.26 Å². The van der Waals surface area contributed by atoms with Crippen molar-refractivity contribution in [2.24, 2.45) is 0 Å². The first-order valence-corrected chi connectivity index (χ1v) is 9.00. The summed E-state index contributed by atoms with van der Waals surface area (Å²) in [5, 5.41) is 12.3. The molecule has 1 amide bonds. The molecule has 5 heteroatoms. The summed E-state index contributed by atoms with van der Waals surface area (Å²) in [6.45, 7) is 7.08. The smallest absolute Gasteiger partial charge is 0.266 e. The molecule has 0 aliphatic carbocycles. The van der Waals surface area contributed by atoms with E-state index in [0.717, 1.165) is 54.4 Å². The van der Waals surface area contributed by atoms with Crippen LogP contribution in [0.25, 0.3) is 6.08 Å². The fourth-order valence-electron chi connectivity index (χ4n) is 3.11. The van der Waals surface area contributed by atoms with Crippen LogP contribution in [-0.2, 0) is 9.53 Å². The summed E-state index contributed by atoms with van der Waals surface area (Å²) in [5.74, 6) is -0.396. The highest BCUT2D eigenvalue weighted by atomic mass is 16.5.